The predicted molar refractivity (Wildman–Crippen MR) is 114 cm³/mol. The number of nitrogens with zero attached hydrogens (tertiary/aromatic N) is 3. The minimum atomic E-state index is -3.76. The van der Waals surface area contributed by atoms with Crippen molar-refractivity contribution in [3.63, 3.8) is 0 Å². The second-order valence-electron chi connectivity index (χ2n) is 7.44. The number of carbonyl (C=O) groups is 1. The molecule has 1 atom stereocenters. The number of aryl methyl sites for hydroxylation is 2. The number of halogens is 1. The number of hydrogen-bond acceptors (Lipinski definition) is 7. The topological polar surface area (TPSA) is 105 Å². The molecule has 31 heavy (non-hydrogen) atoms. The zero-order chi connectivity index (χ0) is 22.2. The van der Waals surface area contributed by atoms with E-state index >= 15 is 0 Å². The van der Waals surface area contributed by atoms with Crippen LogP contribution in [0.5, 0.6) is 0 Å². The van der Waals surface area contributed by atoms with Gasteiger partial charge in [-0.2, -0.15) is 9.29 Å². The van der Waals surface area contributed by atoms with Gasteiger partial charge in [0.25, 0.3) is 10.0 Å². The van der Waals surface area contributed by atoms with Crippen LogP contribution in [0.15, 0.2) is 38.4 Å². The van der Waals surface area contributed by atoms with Gasteiger partial charge in [0.2, 0.25) is 17.6 Å². The molecule has 1 amide bonds. The van der Waals surface area contributed by atoms with Gasteiger partial charge >= 0.3 is 0 Å². The van der Waals surface area contributed by atoms with Crippen molar-refractivity contribution in [2.75, 3.05) is 18.4 Å². The highest BCUT2D eigenvalue weighted by Gasteiger charge is 2.34. The summed E-state index contributed by atoms with van der Waals surface area (Å²) in [7, 11) is -3.76. The first kappa shape index (κ1) is 21.6. The van der Waals surface area contributed by atoms with Gasteiger partial charge in [-0.3, -0.25) is 4.79 Å². The van der Waals surface area contributed by atoms with Crippen molar-refractivity contribution >= 4 is 33.0 Å². The third-order valence-corrected chi connectivity index (χ3v) is 8.44. The number of aromatic nitrogens is 2. The quantitative estimate of drug-likeness (QED) is 0.619. The van der Waals surface area contributed by atoms with Crippen molar-refractivity contribution in [2.45, 2.75) is 30.9 Å². The summed E-state index contributed by atoms with van der Waals surface area (Å²) in [6.07, 6.45) is 1.15. The molecule has 11 heteroatoms. The van der Waals surface area contributed by atoms with Crippen LogP contribution in [-0.2, 0) is 14.8 Å². The number of rotatable bonds is 5. The van der Waals surface area contributed by atoms with Crippen LogP contribution < -0.4 is 5.32 Å². The third-order valence-electron chi connectivity index (χ3n) is 5.16. The molecule has 0 spiro atoms. The van der Waals surface area contributed by atoms with E-state index in [1.165, 1.54) is 28.6 Å². The lowest BCUT2D eigenvalue weighted by Crippen LogP contribution is -2.43. The average Bonchev–Trinajstić information content (AvgIpc) is 3.39. The monoisotopic (exact) mass is 464 g/mol. The molecule has 0 saturated carbocycles. The maximum absolute atomic E-state index is 13.3. The molecule has 2 aromatic heterocycles. The fourth-order valence-electron chi connectivity index (χ4n) is 3.49. The van der Waals surface area contributed by atoms with Gasteiger partial charge in [0, 0.05) is 36.6 Å². The summed E-state index contributed by atoms with van der Waals surface area (Å²) in [4.78, 5) is 16.9. The van der Waals surface area contributed by atoms with Crippen LogP contribution in [0.3, 0.4) is 0 Å². The molecule has 3 heterocycles. The highest BCUT2D eigenvalue weighted by Crippen LogP contribution is 2.31. The highest BCUT2D eigenvalue weighted by atomic mass is 32.2. The van der Waals surface area contributed by atoms with Crippen molar-refractivity contribution in [1.82, 2.24) is 14.4 Å². The van der Waals surface area contributed by atoms with Gasteiger partial charge in [-0.15, -0.1) is 11.3 Å². The fourth-order valence-corrected chi connectivity index (χ4v) is 6.32. The molecule has 1 N–H and O–H groups in total. The molecule has 8 nitrogen and oxygen atoms in total. The Balaban J connectivity index is 1.48. The average molecular weight is 465 g/mol. The molecule has 1 fully saturated rings. The van der Waals surface area contributed by atoms with E-state index in [2.05, 4.69) is 15.5 Å². The molecule has 0 bridgehead atoms. The summed E-state index contributed by atoms with van der Waals surface area (Å²) in [6.45, 7) is 3.79. The van der Waals surface area contributed by atoms with E-state index in [4.69, 9.17) is 4.52 Å². The minimum absolute atomic E-state index is 0.0863. The first-order valence-electron chi connectivity index (χ1n) is 9.70. The number of benzene rings is 1. The van der Waals surface area contributed by atoms with E-state index < -0.39 is 15.9 Å². The summed E-state index contributed by atoms with van der Waals surface area (Å²) >= 11 is 1.08. The van der Waals surface area contributed by atoms with E-state index in [1.54, 1.807) is 19.2 Å². The highest BCUT2D eigenvalue weighted by molar-refractivity contribution is 7.91. The Morgan fingerprint density at radius 3 is 2.84 bits per heavy atom. The number of thiophene rings is 1. The number of anilines is 1. The van der Waals surface area contributed by atoms with E-state index in [9.17, 15) is 17.6 Å². The molecular formula is C20H21FN4O4S2. The van der Waals surface area contributed by atoms with Gasteiger partial charge in [-0.1, -0.05) is 5.16 Å². The zero-order valence-electron chi connectivity index (χ0n) is 17.0. The van der Waals surface area contributed by atoms with Crippen molar-refractivity contribution in [3.8, 4) is 11.4 Å². The normalized spacial score (nSPS) is 17.6. The maximum Gasteiger partial charge on any atom is 0.252 e. The lowest BCUT2D eigenvalue weighted by Gasteiger charge is -2.30. The van der Waals surface area contributed by atoms with Crippen LogP contribution in [0.4, 0.5) is 10.1 Å². The van der Waals surface area contributed by atoms with E-state index in [0.717, 1.165) is 11.3 Å². The number of sulfonamides is 1. The Kier molecular flexibility index (Phi) is 5.91. The van der Waals surface area contributed by atoms with Gasteiger partial charge in [0.15, 0.2) is 0 Å². The molecule has 1 aromatic carbocycles. The number of nitrogens with one attached hydrogen (secondary N) is 1. The maximum atomic E-state index is 13.3. The van der Waals surface area contributed by atoms with Crippen LogP contribution in [0, 0.1) is 25.6 Å². The smallest absolute Gasteiger partial charge is 0.252 e. The summed E-state index contributed by atoms with van der Waals surface area (Å²) in [6, 6.07) is 5.65. The van der Waals surface area contributed by atoms with Gasteiger partial charge in [-0.05, 0) is 49.6 Å². The van der Waals surface area contributed by atoms with Crippen molar-refractivity contribution in [2.24, 2.45) is 5.92 Å². The number of piperidine rings is 1. The Labute approximate surface area is 183 Å². The molecule has 1 aliphatic heterocycles. The lowest BCUT2D eigenvalue weighted by molar-refractivity contribution is -0.120. The van der Waals surface area contributed by atoms with E-state index in [0.29, 0.717) is 47.9 Å². The van der Waals surface area contributed by atoms with Crippen LogP contribution in [0.1, 0.15) is 24.3 Å². The molecule has 1 saturated heterocycles. The summed E-state index contributed by atoms with van der Waals surface area (Å²) in [5.41, 5.74) is 1.69. The Hall–Kier alpha value is -2.63. The van der Waals surface area contributed by atoms with Crippen LogP contribution in [-0.4, -0.2) is 41.9 Å². The molecule has 164 valence electrons. The van der Waals surface area contributed by atoms with Gasteiger partial charge < -0.3 is 9.84 Å². The van der Waals surface area contributed by atoms with Crippen LogP contribution in [0.25, 0.3) is 11.4 Å². The first-order chi connectivity index (χ1) is 14.7. The minimum Gasteiger partial charge on any atom is -0.339 e. The van der Waals surface area contributed by atoms with Crippen molar-refractivity contribution in [1.29, 1.82) is 0 Å². The molecule has 1 aliphatic rings. The molecule has 0 radical (unpaired) electrons. The SMILES string of the molecule is Cc1nc(-c2csc(S(=O)(=O)N3CCC[C@H](C(=O)Nc4ccc(F)cc4C)C3)c2)no1. The second kappa shape index (κ2) is 8.48. The zero-order valence-corrected chi connectivity index (χ0v) is 18.6. The van der Waals surface area contributed by atoms with Gasteiger partial charge in [0.1, 0.15) is 10.0 Å². The molecular weight excluding hydrogens is 443 g/mol. The number of amides is 1. The molecule has 3 aromatic rings. The lowest BCUT2D eigenvalue weighted by atomic mass is 9.98. The third kappa shape index (κ3) is 4.53. The fraction of sp³-hybridized carbons (Fsp3) is 0.350. The predicted octanol–water partition coefficient (Wildman–Crippen LogP) is 3.59. The van der Waals surface area contributed by atoms with Crippen LogP contribution >= 0.6 is 11.3 Å². The summed E-state index contributed by atoms with van der Waals surface area (Å²) in [5, 5.41) is 8.28. The van der Waals surface area contributed by atoms with Gasteiger partial charge in [-0.25, -0.2) is 12.8 Å². The standard InChI is InChI=1S/C20H21FN4O4S2/c1-12-8-16(21)5-6-17(12)23-20(26)14-4-3-7-25(10-14)31(27,28)18-9-15(11-30-18)19-22-13(2)29-24-19/h5-6,8-9,11,14H,3-4,7,10H2,1-2H3,(H,23,26)/t14-/m0/s1. The van der Waals surface area contributed by atoms with E-state index in [-0.39, 0.29) is 22.5 Å². The Morgan fingerprint density at radius 2 is 2.13 bits per heavy atom. The van der Waals surface area contributed by atoms with Gasteiger partial charge in [0.05, 0.1) is 5.92 Å². The first-order valence-corrected chi connectivity index (χ1v) is 12.0. The summed E-state index contributed by atoms with van der Waals surface area (Å²) in [5.74, 6) is -0.416. The Bertz CT molecular complexity index is 1220. The number of carbonyl (C=O) groups excluding carboxylic acids is 1. The second-order valence-corrected chi connectivity index (χ2v) is 10.5. The van der Waals surface area contributed by atoms with Crippen LogP contribution in [0.2, 0.25) is 0 Å². The number of hydrogen-bond donors (Lipinski definition) is 1. The Morgan fingerprint density at radius 1 is 1.32 bits per heavy atom. The summed E-state index contributed by atoms with van der Waals surface area (Å²) < 4.78 is 46.1. The molecule has 0 unspecified atom stereocenters. The van der Waals surface area contributed by atoms with E-state index in [1.807, 2.05) is 0 Å². The molecule has 4 rings (SSSR count). The van der Waals surface area contributed by atoms with Crippen molar-refractivity contribution < 1.29 is 22.1 Å². The molecule has 0 aliphatic carbocycles. The largest absolute Gasteiger partial charge is 0.339 e. The van der Waals surface area contributed by atoms with Crippen molar-refractivity contribution in [3.05, 3.63) is 46.9 Å².